The molecule has 1 aromatic rings. The van der Waals surface area contributed by atoms with Crippen LogP contribution in [0.4, 0.5) is 0 Å². The van der Waals surface area contributed by atoms with Gasteiger partial charge in [-0.1, -0.05) is 30.0 Å². The van der Waals surface area contributed by atoms with Crippen molar-refractivity contribution in [2.75, 3.05) is 14.2 Å². The number of benzene rings is 1. The van der Waals surface area contributed by atoms with Crippen molar-refractivity contribution in [1.29, 1.82) is 0 Å². The number of carbonyl (C=O) groups is 3. The third kappa shape index (κ3) is 3.91. The first-order chi connectivity index (χ1) is 13.3. The lowest BCUT2D eigenvalue weighted by molar-refractivity contribution is -0.123. The van der Waals surface area contributed by atoms with Gasteiger partial charge in [0.25, 0.3) is 17.7 Å². The minimum atomic E-state index is -0.702. The van der Waals surface area contributed by atoms with Crippen molar-refractivity contribution >= 4 is 69.4 Å². The van der Waals surface area contributed by atoms with Gasteiger partial charge in [0.05, 0.1) is 19.1 Å². The molecule has 0 aliphatic carbocycles. The molecule has 2 fully saturated rings. The van der Waals surface area contributed by atoms with E-state index in [0.717, 1.165) is 22.9 Å². The lowest BCUT2D eigenvalue weighted by atomic mass is 10.2. The van der Waals surface area contributed by atoms with Crippen molar-refractivity contribution in [1.82, 2.24) is 15.5 Å². The molecule has 0 atom stereocenters. The van der Waals surface area contributed by atoms with Crippen LogP contribution in [-0.2, 0) is 14.4 Å². The topological polar surface area (TPSA) is 97.0 Å². The summed E-state index contributed by atoms with van der Waals surface area (Å²) in [6.07, 6.45) is 2.75. The van der Waals surface area contributed by atoms with E-state index in [-0.39, 0.29) is 15.0 Å². The number of thioether (sulfide) groups is 1. The normalized spacial score (nSPS) is 18.4. The fraction of sp³-hybridized carbons (Fsp3) is 0.118. The number of nitrogens with one attached hydrogen (secondary N) is 2. The molecule has 28 heavy (non-hydrogen) atoms. The number of rotatable bonds is 4. The minimum absolute atomic E-state index is 0.0918. The van der Waals surface area contributed by atoms with Gasteiger partial charge in [0.2, 0.25) is 0 Å². The van der Waals surface area contributed by atoms with Crippen molar-refractivity contribution in [3.05, 3.63) is 40.4 Å². The smallest absolute Gasteiger partial charge is 0.270 e. The molecule has 2 aliphatic rings. The minimum Gasteiger partial charge on any atom is -0.493 e. The van der Waals surface area contributed by atoms with Gasteiger partial charge in [0, 0.05) is 6.20 Å². The van der Waals surface area contributed by atoms with Gasteiger partial charge in [-0.3, -0.25) is 29.9 Å². The summed E-state index contributed by atoms with van der Waals surface area (Å²) in [5, 5.41) is 4.51. The summed E-state index contributed by atoms with van der Waals surface area (Å²) < 4.78 is 10.6. The van der Waals surface area contributed by atoms with E-state index >= 15 is 0 Å². The largest absolute Gasteiger partial charge is 0.493 e. The first kappa shape index (κ1) is 20.0. The lowest BCUT2D eigenvalue weighted by Crippen LogP contribution is -2.51. The first-order valence-electron chi connectivity index (χ1n) is 7.71. The summed E-state index contributed by atoms with van der Waals surface area (Å²) in [6, 6.07) is 5.19. The van der Waals surface area contributed by atoms with Crippen molar-refractivity contribution < 1.29 is 23.9 Å². The van der Waals surface area contributed by atoms with E-state index in [9.17, 15) is 14.4 Å². The van der Waals surface area contributed by atoms with Crippen LogP contribution in [-0.4, -0.2) is 46.3 Å². The Morgan fingerprint density at radius 2 is 1.68 bits per heavy atom. The van der Waals surface area contributed by atoms with Gasteiger partial charge in [0.1, 0.15) is 5.57 Å². The van der Waals surface area contributed by atoms with Gasteiger partial charge < -0.3 is 9.47 Å². The Hall–Kier alpha value is -2.76. The maximum Gasteiger partial charge on any atom is 0.270 e. The number of thiocarbonyl (C=S) groups is 2. The van der Waals surface area contributed by atoms with Crippen LogP contribution in [0.5, 0.6) is 11.5 Å². The Kier molecular flexibility index (Phi) is 5.77. The first-order valence-corrected chi connectivity index (χ1v) is 9.35. The van der Waals surface area contributed by atoms with E-state index in [0.29, 0.717) is 22.0 Å². The van der Waals surface area contributed by atoms with Crippen molar-refractivity contribution in [2.45, 2.75) is 0 Å². The second kappa shape index (κ2) is 8.09. The zero-order valence-electron chi connectivity index (χ0n) is 14.6. The molecule has 3 amide bonds. The summed E-state index contributed by atoms with van der Waals surface area (Å²) in [5.41, 5.74) is 0.432. The van der Waals surface area contributed by atoms with Crippen LogP contribution in [0.2, 0.25) is 0 Å². The molecule has 8 nitrogen and oxygen atoms in total. The second-order valence-electron chi connectivity index (χ2n) is 5.45. The van der Waals surface area contributed by atoms with Gasteiger partial charge >= 0.3 is 0 Å². The highest BCUT2D eigenvalue weighted by atomic mass is 32.2. The zero-order chi connectivity index (χ0) is 20.4. The fourth-order valence-corrected chi connectivity index (χ4v) is 3.80. The summed E-state index contributed by atoms with van der Waals surface area (Å²) in [7, 11) is 3.04. The summed E-state index contributed by atoms with van der Waals surface area (Å²) >= 11 is 11.0. The molecule has 0 aromatic heterocycles. The van der Waals surface area contributed by atoms with Crippen LogP contribution in [0.15, 0.2) is 34.9 Å². The molecule has 1 aromatic carbocycles. The fourth-order valence-electron chi connectivity index (χ4n) is 2.41. The quantitative estimate of drug-likeness (QED) is 0.415. The van der Waals surface area contributed by atoms with Crippen LogP contribution >= 0.6 is 36.2 Å². The molecule has 11 heteroatoms. The van der Waals surface area contributed by atoms with Crippen molar-refractivity contribution in [3.8, 4) is 11.5 Å². The highest BCUT2D eigenvalue weighted by Gasteiger charge is 2.34. The number of hydrogen-bond acceptors (Lipinski definition) is 8. The zero-order valence-corrected chi connectivity index (χ0v) is 17.0. The molecule has 2 heterocycles. The number of nitrogens with zero attached hydrogens (tertiary/aromatic N) is 1. The predicted molar refractivity (Wildman–Crippen MR) is 112 cm³/mol. The third-order valence-corrected chi connectivity index (χ3v) is 5.27. The SMILES string of the molecule is COc1ccc(C=C2SC(=S)N(C=C3C(=O)NC(=S)NC3=O)C2=O)cc1OC. The van der Waals surface area contributed by atoms with Gasteiger partial charge in [-0.05, 0) is 36.0 Å². The molecule has 3 rings (SSSR count). The van der Waals surface area contributed by atoms with Crippen molar-refractivity contribution in [3.63, 3.8) is 0 Å². The highest BCUT2D eigenvalue weighted by Crippen LogP contribution is 2.35. The van der Waals surface area contributed by atoms with E-state index in [1.54, 1.807) is 24.3 Å². The van der Waals surface area contributed by atoms with Crippen molar-refractivity contribution in [2.24, 2.45) is 0 Å². The predicted octanol–water partition coefficient (Wildman–Crippen LogP) is 1.32. The average Bonchev–Trinajstić information content (AvgIpc) is 2.91. The van der Waals surface area contributed by atoms with Crippen LogP contribution in [0.25, 0.3) is 6.08 Å². The van der Waals surface area contributed by atoms with E-state index in [2.05, 4.69) is 10.6 Å². The third-order valence-electron chi connectivity index (χ3n) is 3.73. The standard InChI is InChI=1S/C17H13N3O5S3/c1-24-10-4-3-8(5-11(10)25-2)6-12-15(23)20(17(27)28-12)7-9-13(21)18-16(26)19-14(9)22/h3-7H,1-2H3,(H2,18,19,21,22,26). The van der Waals surface area contributed by atoms with E-state index in [1.807, 2.05) is 0 Å². The Labute approximate surface area is 174 Å². The number of carbonyl (C=O) groups excluding carboxylic acids is 3. The molecular weight excluding hydrogens is 422 g/mol. The highest BCUT2D eigenvalue weighted by molar-refractivity contribution is 8.26. The molecule has 0 unspecified atom stereocenters. The number of amides is 3. The second-order valence-corrected chi connectivity index (χ2v) is 7.53. The number of methoxy groups -OCH3 is 2. The Balaban J connectivity index is 1.89. The maximum atomic E-state index is 12.7. The van der Waals surface area contributed by atoms with Gasteiger partial charge in [-0.25, -0.2) is 0 Å². The lowest BCUT2D eigenvalue weighted by Gasteiger charge is -2.18. The molecule has 0 radical (unpaired) electrons. The number of hydrogen-bond donors (Lipinski definition) is 2. The van der Waals surface area contributed by atoms with Gasteiger partial charge in [-0.2, -0.15) is 0 Å². The molecule has 0 saturated carbocycles. The monoisotopic (exact) mass is 435 g/mol. The van der Waals surface area contributed by atoms with Gasteiger partial charge in [-0.15, -0.1) is 0 Å². The van der Waals surface area contributed by atoms with E-state index in [4.69, 9.17) is 33.9 Å². The Bertz CT molecular complexity index is 964. The summed E-state index contributed by atoms with van der Waals surface area (Å²) in [6.45, 7) is 0. The van der Waals surface area contributed by atoms with Crippen LogP contribution in [0.3, 0.4) is 0 Å². The average molecular weight is 436 g/mol. The summed E-state index contributed by atoms with van der Waals surface area (Å²) in [4.78, 5) is 38.0. The molecule has 2 saturated heterocycles. The van der Waals surface area contributed by atoms with Crippen LogP contribution in [0.1, 0.15) is 5.56 Å². The summed E-state index contributed by atoms with van der Waals surface area (Å²) in [5.74, 6) is -0.783. The number of ether oxygens (including phenoxy) is 2. The Morgan fingerprint density at radius 3 is 2.29 bits per heavy atom. The van der Waals surface area contributed by atoms with Crippen LogP contribution < -0.4 is 20.1 Å². The van der Waals surface area contributed by atoms with Crippen LogP contribution in [0, 0.1) is 0 Å². The maximum absolute atomic E-state index is 12.7. The molecule has 0 spiro atoms. The van der Waals surface area contributed by atoms with E-state index < -0.39 is 17.7 Å². The van der Waals surface area contributed by atoms with Gasteiger partial charge in [0.15, 0.2) is 20.9 Å². The molecule has 144 valence electrons. The molecular formula is C17H13N3O5S3. The molecule has 2 N–H and O–H groups in total. The molecule has 0 bridgehead atoms. The Morgan fingerprint density at radius 1 is 1.04 bits per heavy atom. The van der Waals surface area contributed by atoms with E-state index in [1.165, 1.54) is 14.2 Å². The molecule has 2 aliphatic heterocycles.